The summed E-state index contributed by atoms with van der Waals surface area (Å²) in [5, 5.41) is 3.00. The SMILES string of the molecule is CC(NC(=O)C(C)N1CCCN(C(=O)c2ccncc2)CC1)c1ccc(F)cc1. The van der Waals surface area contributed by atoms with E-state index in [1.165, 1.54) is 12.1 Å². The maximum absolute atomic E-state index is 13.1. The second-order valence-corrected chi connectivity index (χ2v) is 7.38. The van der Waals surface area contributed by atoms with Gasteiger partial charge >= 0.3 is 0 Å². The Kier molecular flexibility index (Phi) is 6.93. The first-order chi connectivity index (χ1) is 14.0. The number of nitrogens with one attached hydrogen (secondary N) is 1. The molecule has 3 rings (SSSR count). The van der Waals surface area contributed by atoms with Gasteiger partial charge in [-0.15, -0.1) is 0 Å². The van der Waals surface area contributed by atoms with Crippen LogP contribution >= 0.6 is 0 Å². The van der Waals surface area contributed by atoms with Crippen LogP contribution in [0.3, 0.4) is 0 Å². The highest BCUT2D eigenvalue weighted by molar-refractivity contribution is 5.94. The molecule has 2 unspecified atom stereocenters. The second kappa shape index (κ2) is 9.60. The normalized spacial score (nSPS) is 17.3. The highest BCUT2D eigenvalue weighted by Gasteiger charge is 2.26. The van der Waals surface area contributed by atoms with Crippen molar-refractivity contribution in [3.63, 3.8) is 0 Å². The summed E-state index contributed by atoms with van der Waals surface area (Å²) in [6.45, 7) is 6.39. The van der Waals surface area contributed by atoms with Crippen LogP contribution in [-0.2, 0) is 4.79 Å². The molecule has 0 saturated carbocycles. The van der Waals surface area contributed by atoms with E-state index in [4.69, 9.17) is 0 Å². The van der Waals surface area contributed by atoms with Gasteiger partial charge in [0.1, 0.15) is 5.82 Å². The molecular formula is C22H27FN4O2. The van der Waals surface area contributed by atoms with E-state index < -0.39 is 0 Å². The zero-order chi connectivity index (χ0) is 20.8. The molecule has 7 heteroatoms. The third kappa shape index (κ3) is 5.38. The monoisotopic (exact) mass is 398 g/mol. The van der Waals surface area contributed by atoms with Crippen molar-refractivity contribution in [2.75, 3.05) is 26.2 Å². The van der Waals surface area contributed by atoms with Gasteiger partial charge in [-0.05, 0) is 50.1 Å². The van der Waals surface area contributed by atoms with Gasteiger partial charge in [-0.2, -0.15) is 0 Å². The first kappa shape index (κ1) is 20.9. The Hall–Kier alpha value is -2.80. The summed E-state index contributed by atoms with van der Waals surface area (Å²) < 4.78 is 13.1. The molecular weight excluding hydrogens is 371 g/mol. The zero-order valence-corrected chi connectivity index (χ0v) is 16.8. The van der Waals surface area contributed by atoms with Crippen molar-refractivity contribution in [1.82, 2.24) is 20.1 Å². The molecule has 0 bridgehead atoms. The smallest absolute Gasteiger partial charge is 0.254 e. The van der Waals surface area contributed by atoms with Crippen molar-refractivity contribution in [3.05, 3.63) is 65.7 Å². The van der Waals surface area contributed by atoms with Crippen LogP contribution in [0.15, 0.2) is 48.8 Å². The van der Waals surface area contributed by atoms with Crippen molar-refractivity contribution < 1.29 is 14.0 Å². The summed E-state index contributed by atoms with van der Waals surface area (Å²) in [5.74, 6) is -0.372. The van der Waals surface area contributed by atoms with E-state index in [0.29, 0.717) is 25.2 Å². The number of nitrogens with zero attached hydrogens (tertiary/aromatic N) is 3. The van der Waals surface area contributed by atoms with Crippen molar-refractivity contribution in [1.29, 1.82) is 0 Å². The van der Waals surface area contributed by atoms with Crippen molar-refractivity contribution in [2.24, 2.45) is 0 Å². The second-order valence-electron chi connectivity index (χ2n) is 7.38. The fraction of sp³-hybridized carbons (Fsp3) is 0.409. The minimum absolute atomic E-state index is 0.00344. The maximum Gasteiger partial charge on any atom is 0.254 e. The van der Waals surface area contributed by atoms with Crippen LogP contribution in [0.5, 0.6) is 0 Å². The first-order valence-electron chi connectivity index (χ1n) is 9.95. The highest BCUT2D eigenvalue weighted by Crippen LogP contribution is 2.15. The number of carbonyl (C=O) groups is 2. The molecule has 2 atom stereocenters. The number of pyridine rings is 1. The molecule has 1 saturated heterocycles. The number of aromatic nitrogens is 1. The van der Waals surface area contributed by atoms with E-state index in [9.17, 15) is 14.0 Å². The van der Waals surface area contributed by atoms with E-state index in [1.807, 2.05) is 18.7 Å². The molecule has 1 aliphatic heterocycles. The van der Waals surface area contributed by atoms with Gasteiger partial charge in [0.25, 0.3) is 5.91 Å². The van der Waals surface area contributed by atoms with Crippen molar-refractivity contribution >= 4 is 11.8 Å². The minimum atomic E-state index is -0.311. The van der Waals surface area contributed by atoms with Crippen LogP contribution in [0.2, 0.25) is 0 Å². The van der Waals surface area contributed by atoms with Crippen molar-refractivity contribution in [3.8, 4) is 0 Å². The van der Waals surface area contributed by atoms with E-state index in [-0.39, 0.29) is 29.7 Å². The van der Waals surface area contributed by atoms with Crippen LogP contribution in [-0.4, -0.2) is 58.8 Å². The van der Waals surface area contributed by atoms with E-state index in [2.05, 4.69) is 15.2 Å². The van der Waals surface area contributed by atoms with E-state index in [1.54, 1.807) is 36.7 Å². The van der Waals surface area contributed by atoms with Crippen LogP contribution in [0.25, 0.3) is 0 Å². The molecule has 1 aromatic carbocycles. The lowest BCUT2D eigenvalue weighted by Gasteiger charge is -2.28. The number of hydrogen-bond acceptors (Lipinski definition) is 4. The summed E-state index contributed by atoms with van der Waals surface area (Å²) in [6.07, 6.45) is 4.04. The number of rotatable bonds is 5. The Morgan fingerprint density at radius 2 is 1.69 bits per heavy atom. The largest absolute Gasteiger partial charge is 0.348 e. The predicted octanol–water partition coefficient (Wildman–Crippen LogP) is 2.63. The number of halogens is 1. The molecule has 1 aromatic heterocycles. The molecule has 2 amide bonds. The van der Waals surface area contributed by atoms with Gasteiger partial charge in [0.2, 0.25) is 5.91 Å². The van der Waals surface area contributed by atoms with Gasteiger partial charge < -0.3 is 10.2 Å². The molecule has 2 heterocycles. The van der Waals surface area contributed by atoms with Gasteiger partial charge in [0, 0.05) is 44.1 Å². The standard InChI is InChI=1S/C22H27FN4O2/c1-16(18-4-6-20(23)7-5-18)25-21(28)17(2)26-12-3-13-27(15-14-26)22(29)19-8-10-24-11-9-19/h4-11,16-17H,3,12-15H2,1-2H3,(H,25,28). The lowest BCUT2D eigenvalue weighted by Crippen LogP contribution is -2.47. The molecule has 1 aliphatic rings. The van der Waals surface area contributed by atoms with Gasteiger partial charge in [0.15, 0.2) is 0 Å². The Morgan fingerprint density at radius 3 is 2.38 bits per heavy atom. The lowest BCUT2D eigenvalue weighted by atomic mass is 10.1. The predicted molar refractivity (Wildman–Crippen MR) is 109 cm³/mol. The number of hydrogen-bond donors (Lipinski definition) is 1. The molecule has 0 radical (unpaired) electrons. The molecule has 1 N–H and O–H groups in total. The molecule has 0 spiro atoms. The van der Waals surface area contributed by atoms with Crippen LogP contribution in [0, 0.1) is 5.82 Å². The van der Waals surface area contributed by atoms with E-state index >= 15 is 0 Å². The molecule has 2 aromatic rings. The minimum Gasteiger partial charge on any atom is -0.348 e. The fourth-order valence-corrected chi connectivity index (χ4v) is 3.54. The van der Waals surface area contributed by atoms with Crippen LogP contribution < -0.4 is 5.32 Å². The Morgan fingerprint density at radius 1 is 1.00 bits per heavy atom. The highest BCUT2D eigenvalue weighted by atomic mass is 19.1. The molecule has 0 aliphatic carbocycles. The molecule has 29 heavy (non-hydrogen) atoms. The van der Waals surface area contributed by atoms with E-state index in [0.717, 1.165) is 18.5 Å². The third-order valence-electron chi connectivity index (χ3n) is 5.40. The molecule has 6 nitrogen and oxygen atoms in total. The Bertz CT molecular complexity index is 828. The van der Waals surface area contributed by atoms with Crippen molar-refractivity contribution in [2.45, 2.75) is 32.4 Å². The third-order valence-corrected chi connectivity index (χ3v) is 5.40. The summed E-state index contributed by atoms with van der Waals surface area (Å²) in [7, 11) is 0. The first-order valence-corrected chi connectivity index (χ1v) is 9.95. The number of carbonyl (C=O) groups excluding carboxylic acids is 2. The Labute approximate surface area is 170 Å². The summed E-state index contributed by atoms with van der Waals surface area (Å²) in [4.78, 5) is 33.3. The molecule has 1 fully saturated rings. The van der Waals surface area contributed by atoms with Gasteiger partial charge in [-0.3, -0.25) is 19.5 Å². The van der Waals surface area contributed by atoms with Gasteiger partial charge in [-0.25, -0.2) is 4.39 Å². The quantitative estimate of drug-likeness (QED) is 0.841. The Balaban J connectivity index is 1.55. The van der Waals surface area contributed by atoms with Crippen LogP contribution in [0.1, 0.15) is 42.2 Å². The van der Waals surface area contributed by atoms with Gasteiger partial charge in [0.05, 0.1) is 12.1 Å². The summed E-state index contributed by atoms with van der Waals surface area (Å²) >= 11 is 0. The number of benzene rings is 1. The fourth-order valence-electron chi connectivity index (χ4n) is 3.54. The van der Waals surface area contributed by atoms with Crippen LogP contribution in [0.4, 0.5) is 4.39 Å². The average molecular weight is 398 g/mol. The topological polar surface area (TPSA) is 65.5 Å². The zero-order valence-electron chi connectivity index (χ0n) is 16.8. The number of amides is 2. The maximum atomic E-state index is 13.1. The van der Waals surface area contributed by atoms with Gasteiger partial charge in [-0.1, -0.05) is 12.1 Å². The lowest BCUT2D eigenvalue weighted by molar-refractivity contribution is -0.126. The molecule has 154 valence electrons. The summed E-state index contributed by atoms with van der Waals surface area (Å²) in [6, 6.07) is 9.07. The summed E-state index contributed by atoms with van der Waals surface area (Å²) in [5.41, 5.74) is 1.49. The average Bonchev–Trinajstić information content (AvgIpc) is 3.00.